The van der Waals surface area contributed by atoms with Crippen LogP contribution in [0.5, 0.6) is 11.5 Å². The lowest BCUT2D eigenvalue weighted by Crippen LogP contribution is -2.37. The molecule has 0 spiro atoms. The molecule has 0 saturated carbocycles. The zero-order chi connectivity index (χ0) is 15.5. The molecule has 0 aliphatic rings. The number of nitrogens with zero attached hydrogens (tertiary/aromatic N) is 1. The van der Waals surface area contributed by atoms with E-state index in [4.69, 9.17) is 15.9 Å². The first-order chi connectivity index (χ1) is 10.2. The van der Waals surface area contributed by atoms with E-state index in [1.54, 1.807) is 14.2 Å². The van der Waals surface area contributed by atoms with E-state index in [0.29, 0.717) is 18.0 Å². The predicted octanol–water partition coefficient (Wildman–Crippen LogP) is 2.40. The minimum Gasteiger partial charge on any atom is -0.493 e. The van der Waals surface area contributed by atoms with Gasteiger partial charge in [-0.25, -0.2) is 0 Å². The molecule has 1 rings (SSSR count). The van der Waals surface area contributed by atoms with Gasteiger partial charge in [0.25, 0.3) is 0 Å². The molecule has 0 bridgehead atoms. The van der Waals surface area contributed by atoms with Crippen LogP contribution in [0.3, 0.4) is 0 Å². The summed E-state index contributed by atoms with van der Waals surface area (Å²) in [6.07, 6.45) is 6.27. The lowest BCUT2D eigenvalue weighted by Gasteiger charge is -2.13. The Morgan fingerprint density at radius 2 is 2.09 bits per heavy atom. The summed E-state index contributed by atoms with van der Waals surface area (Å²) in [5.74, 6) is 4.54. The molecule has 0 heterocycles. The van der Waals surface area contributed by atoms with Gasteiger partial charge in [0, 0.05) is 20.1 Å². The summed E-state index contributed by atoms with van der Waals surface area (Å²) in [5, 5.41) is 6.46. The average molecular weight is 417 g/mol. The molecule has 0 aliphatic carbocycles. The lowest BCUT2D eigenvalue weighted by molar-refractivity contribution is 0.330. The molecular formula is C16H24IN3O2. The van der Waals surface area contributed by atoms with Crippen molar-refractivity contribution in [2.45, 2.75) is 19.9 Å². The van der Waals surface area contributed by atoms with Gasteiger partial charge in [-0.3, -0.25) is 4.99 Å². The lowest BCUT2D eigenvalue weighted by atomic mass is 10.2. The minimum absolute atomic E-state index is 0. The van der Waals surface area contributed by atoms with Crippen LogP contribution < -0.4 is 20.1 Å². The minimum atomic E-state index is 0. The van der Waals surface area contributed by atoms with E-state index in [-0.39, 0.29) is 30.6 Å². The van der Waals surface area contributed by atoms with Crippen molar-refractivity contribution in [2.24, 2.45) is 4.99 Å². The Kier molecular flexibility index (Phi) is 11.1. The molecule has 1 aromatic rings. The molecule has 0 atom stereocenters. The molecule has 6 heteroatoms. The van der Waals surface area contributed by atoms with E-state index in [0.717, 1.165) is 24.5 Å². The smallest absolute Gasteiger partial charge is 0.191 e. The summed E-state index contributed by atoms with van der Waals surface area (Å²) in [6, 6.07) is 5.75. The van der Waals surface area contributed by atoms with E-state index >= 15 is 0 Å². The number of terminal acetylenes is 1. The van der Waals surface area contributed by atoms with Gasteiger partial charge in [0.1, 0.15) is 6.61 Å². The highest BCUT2D eigenvalue weighted by Crippen LogP contribution is 2.27. The Labute approximate surface area is 149 Å². The fourth-order valence-electron chi connectivity index (χ4n) is 1.71. The van der Waals surface area contributed by atoms with Gasteiger partial charge in [-0.2, -0.15) is 0 Å². The first-order valence-electron chi connectivity index (χ1n) is 6.92. The molecule has 0 radical (unpaired) electrons. The largest absolute Gasteiger partial charge is 0.493 e. The van der Waals surface area contributed by atoms with Gasteiger partial charge in [-0.15, -0.1) is 30.4 Å². The van der Waals surface area contributed by atoms with Gasteiger partial charge in [0.15, 0.2) is 17.5 Å². The fourth-order valence-corrected chi connectivity index (χ4v) is 1.71. The molecule has 0 amide bonds. The molecule has 2 N–H and O–H groups in total. The van der Waals surface area contributed by atoms with E-state index in [2.05, 4.69) is 28.5 Å². The van der Waals surface area contributed by atoms with Crippen molar-refractivity contribution >= 4 is 29.9 Å². The number of ether oxygens (including phenoxy) is 2. The highest BCUT2D eigenvalue weighted by molar-refractivity contribution is 14.0. The van der Waals surface area contributed by atoms with Crippen molar-refractivity contribution < 1.29 is 9.47 Å². The quantitative estimate of drug-likeness (QED) is 0.310. The second-order valence-corrected chi connectivity index (χ2v) is 4.33. The monoisotopic (exact) mass is 417 g/mol. The standard InChI is InChI=1S/C16H23N3O2.HI/c1-5-9-18-16(17-3)19-12-13-7-8-14(20-4)15(11-13)21-10-6-2;/h2,7-8,11H,5,9-10,12H2,1,3-4H3,(H2,17,18,19);1H. The molecule has 0 aromatic heterocycles. The van der Waals surface area contributed by atoms with Crippen LogP contribution in [0.4, 0.5) is 0 Å². The van der Waals surface area contributed by atoms with Crippen molar-refractivity contribution in [1.82, 2.24) is 10.6 Å². The van der Waals surface area contributed by atoms with Gasteiger partial charge in [-0.1, -0.05) is 18.9 Å². The number of methoxy groups -OCH3 is 1. The number of benzene rings is 1. The third-order valence-electron chi connectivity index (χ3n) is 2.77. The number of hydrogen-bond donors (Lipinski definition) is 2. The van der Waals surface area contributed by atoms with E-state index in [9.17, 15) is 0 Å². The van der Waals surface area contributed by atoms with Crippen molar-refractivity contribution in [3.8, 4) is 23.8 Å². The number of nitrogens with one attached hydrogen (secondary N) is 2. The molecule has 0 unspecified atom stereocenters. The molecule has 22 heavy (non-hydrogen) atoms. The van der Waals surface area contributed by atoms with Crippen LogP contribution in [0, 0.1) is 12.3 Å². The number of hydrogen-bond acceptors (Lipinski definition) is 3. The van der Waals surface area contributed by atoms with Crippen LogP contribution in [0.15, 0.2) is 23.2 Å². The normalized spacial score (nSPS) is 10.2. The Morgan fingerprint density at radius 3 is 2.68 bits per heavy atom. The second-order valence-electron chi connectivity index (χ2n) is 4.33. The highest BCUT2D eigenvalue weighted by Gasteiger charge is 2.06. The summed E-state index contributed by atoms with van der Waals surface area (Å²) in [7, 11) is 3.35. The van der Waals surface area contributed by atoms with Crippen LogP contribution in [0.2, 0.25) is 0 Å². The Morgan fingerprint density at radius 1 is 1.32 bits per heavy atom. The maximum absolute atomic E-state index is 5.48. The van der Waals surface area contributed by atoms with Crippen molar-refractivity contribution in [3.63, 3.8) is 0 Å². The van der Waals surface area contributed by atoms with Gasteiger partial charge >= 0.3 is 0 Å². The van der Waals surface area contributed by atoms with Crippen LogP contribution in [0.1, 0.15) is 18.9 Å². The summed E-state index contributed by atoms with van der Waals surface area (Å²) >= 11 is 0. The molecule has 1 aromatic carbocycles. The second kappa shape index (κ2) is 12.0. The van der Waals surface area contributed by atoms with Gasteiger partial charge < -0.3 is 20.1 Å². The molecule has 5 nitrogen and oxygen atoms in total. The topological polar surface area (TPSA) is 54.9 Å². The van der Waals surface area contributed by atoms with E-state index in [1.165, 1.54) is 0 Å². The fraction of sp³-hybridized carbons (Fsp3) is 0.438. The highest BCUT2D eigenvalue weighted by atomic mass is 127. The number of aliphatic imine (C=N–C) groups is 1. The molecule has 0 fully saturated rings. The number of rotatable bonds is 7. The van der Waals surface area contributed by atoms with Crippen LogP contribution >= 0.6 is 24.0 Å². The van der Waals surface area contributed by atoms with Crippen LogP contribution in [-0.2, 0) is 6.54 Å². The number of guanidine groups is 1. The predicted molar refractivity (Wildman–Crippen MR) is 101 cm³/mol. The van der Waals surface area contributed by atoms with Gasteiger partial charge in [0.05, 0.1) is 7.11 Å². The first kappa shape index (κ1) is 20.4. The van der Waals surface area contributed by atoms with Gasteiger partial charge in [0.2, 0.25) is 0 Å². The third kappa shape index (κ3) is 6.89. The maximum atomic E-state index is 5.48. The van der Waals surface area contributed by atoms with Crippen molar-refractivity contribution in [2.75, 3.05) is 27.3 Å². The van der Waals surface area contributed by atoms with Gasteiger partial charge in [-0.05, 0) is 24.1 Å². The van der Waals surface area contributed by atoms with Crippen molar-refractivity contribution in [3.05, 3.63) is 23.8 Å². The van der Waals surface area contributed by atoms with E-state index in [1.807, 2.05) is 18.2 Å². The SMILES string of the molecule is C#CCOc1cc(CNC(=NC)NCCC)ccc1OC.I. The first-order valence-corrected chi connectivity index (χ1v) is 6.92. The molecule has 0 saturated heterocycles. The zero-order valence-electron chi connectivity index (χ0n) is 13.3. The van der Waals surface area contributed by atoms with Crippen molar-refractivity contribution in [1.29, 1.82) is 0 Å². The Hall–Kier alpha value is -1.62. The summed E-state index contributed by atoms with van der Waals surface area (Å²) < 4.78 is 10.7. The summed E-state index contributed by atoms with van der Waals surface area (Å²) in [6.45, 7) is 3.85. The Bertz CT molecular complexity index is 513. The number of halogens is 1. The third-order valence-corrected chi connectivity index (χ3v) is 2.77. The molecule has 0 aliphatic heterocycles. The maximum Gasteiger partial charge on any atom is 0.191 e. The molecular weight excluding hydrogens is 393 g/mol. The Balaban J connectivity index is 0.00000441. The summed E-state index contributed by atoms with van der Waals surface area (Å²) in [5.41, 5.74) is 1.06. The van der Waals surface area contributed by atoms with Crippen LogP contribution in [-0.4, -0.2) is 33.3 Å². The average Bonchev–Trinajstić information content (AvgIpc) is 2.53. The molecule has 122 valence electrons. The van der Waals surface area contributed by atoms with Crippen LogP contribution in [0.25, 0.3) is 0 Å². The van der Waals surface area contributed by atoms with E-state index < -0.39 is 0 Å². The summed E-state index contributed by atoms with van der Waals surface area (Å²) in [4.78, 5) is 4.16. The zero-order valence-corrected chi connectivity index (χ0v) is 15.6.